The number of nitrogens with one attached hydrogen (secondary N) is 1. The molecule has 1 aliphatic rings. The number of fused-ring (bicyclic) bond motifs is 1. The summed E-state index contributed by atoms with van der Waals surface area (Å²) in [5.74, 6) is -0.778. The minimum atomic E-state index is -1.02. The number of rotatable bonds is 4. The van der Waals surface area contributed by atoms with Crippen LogP contribution in [0.5, 0.6) is 0 Å². The van der Waals surface area contributed by atoms with E-state index < -0.39 is 23.1 Å². The lowest BCUT2D eigenvalue weighted by Gasteiger charge is -2.25. The fraction of sp³-hybridized carbons (Fsp3) is 0.526. The monoisotopic (exact) mass is 378 g/mol. The van der Waals surface area contributed by atoms with Crippen molar-refractivity contribution in [1.82, 2.24) is 0 Å². The molecule has 2 amide bonds. The lowest BCUT2D eigenvalue weighted by Crippen LogP contribution is -2.40. The lowest BCUT2D eigenvalue weighted by molar-refractivity contribution is -0.124. The van der Waals surface area contributed by atoms with Gasteiger partial charge in [0.1, 0.15) is 5.60 Å². The van der Waals surface area contributed by atoms with Crippen LogP contribution in [0.25, 0.3) is 0 Å². The number of amides is 2. The Morgan fingerprint density at radius 2 is 1.85 bits per heavy atom. The molecule has 1 unspecified atom stereocenters. The Labute approximate surface area is 158 Å². The Morgan fingerprint density at radius 3 is 2.37 bits per heavy atom. The van der Waals surface area contributed by atoms with Gasteiger partial charge in [0.2, 0.25) is 5.91 Å². The van der Waals surface area contributed by atoms with Crippen molar-refractivity contribution in [3.63, 3.8) is 0 Å². The number of anilines is 2. The number of benzene rings is 1. The van der Waals surface area contributed by atoms with Gasteiger partial charge in [-0.1, -0.05) is 0 Å². The Morgan fingerprint density at radius 1 is 1.22 bits per heavy atom. The number of likely N-dealkylation sites (N-methyl/N-ethyl adjacent to an activating group) is 1. The van der Waals surface area contributed by atoms with Gasteiger partial charge in [0, 0.05) is 19.7 Å². The second kappa shape index (κ2) is 7.19. The number of nitrogens with zero attached hydrogens (tertiary/aromatic N) is 1. The van der Waals surface area contributed by atoms with Gasteiger partial charge in [-0.2, -0.15) is 0 Å². The zero-order chi connectivity index (χ0) is 20.6. The molecular weight excluding hydrogens is 352 g/mol. The quantitative estimate of drug-likeness (QED) is 0.810. The van der Waals surface area contributed by atoms with Crippen LogP contribution in [0.1, 0.15) is 43.6 Å². The summed E-state index contributed by atoms with van der Waals surface area (Å²) in [5, 5.41) is 2.67. The predicted molar refractivity (Wildman–Crippen MR) is 100 cm³/mol. The molecule has 0 saturated carbocycles. The molecule has 1 aromatic carbocycles. The summed E-state index contributed by atoms with van der Waals surface area (Å²) in [6.45, 7) is 7.08. The summed E-state index contributed by atoms with van der Waals surface area (Å²) in [6, 6.07) is 3.05. The number of methoxy groups -OCH3 is 2. The first kappa shape index (κ1) is 20.7. The average molecular weight is 378 g/mol. The van der Waals surface area contributed by atoms with Crippen molar-refractivity contribution in [1.29, 1.82) is 0 Å². The molecule has 0 bridgehead atoms. The molecule has 0 radical (unpaired) electrons. The molecule has 2 rings (SSSR count). The van der Waals surface area contributed by atoms with Gasteiger partial charge in [-0.25, -0.2) is 9.59 Å². The third-order valence-corrected chi connectivity index (χ3v) is 4.30. The van der Waals surface area contributed by atoms with Gasteiger partial charge >= 0.3 is 12.1 Å². The van der Waals surface area contributed by atoms with Gasteiger partial charge in [0.25, 0.3) is 0 Å². The molecule has 1 aliphatic heterocycles. The first-order valence-electron chi connectivity index (χ1n) is 8.48. The standard InChI is InChI=1S/C19H26N2O6/c1-18(2,3)27-17(24)20-12-8-11(15(22)26-7)9-13-14(12)19(4,10-25-6)16(23)21(13)5/h8-9H,10H2,1-7H3,(H,20,24). The maximum Gasteiger partial charge on any atom is 0.412 e. The van der Waals surface area contributed by atoms with Crippen molar-refractivity contribution in [2.24, 2.45) is 0 Å². The normalized spacial score (nSPS) is 18.9. The molecule has 1 atom stereocenters. The highest BCUT2D eigenvalue weighted by Crippen LogP contribution is 2.46. The highest BCUT2D eigenvalue weighted by atomic mass is 16.6. The second-order valence-corrected chi connectivity index (χ2v) is 7.67. The molecular formula is C19H26N2O6. The number of hydrogen-bond donors (Lipinski definition) is 1. The van der Waals surface area contributed by atoms with Crippen LogP contribution < -0.4 is 10.2 Å². The zero-order valence-corrected chi connectivity index (χ0v) is 16.8. The largest absolute Gasteiger partial charge is 0.465 e. The average Bonchev–Trinajstić information content (AvgIpc) is 2.74. The molecule has 1 aromatic rings. The number of esters is 1. The minimum absolute atomic E-state index is 0.115. The van der Waals surface area contributed by atoms with Crippen molar-refractivity contribution in [2.75, 3.05) is 38.1 Å². The fourth-order valence-electron chi connectivity index (χ4n) is 3.23. The Balaban J connectivity index is 2.62. The molecule has 0 aliphatic carbocycles. The molecule has 0 fully saturated rings. The van der Waals surface area contributed by atoms with Crippen LogP contribution in [0.15, 0.2) is 12.1 Å². The third-order valence-electron chi connectivity index (χ3n) is 4.30. The van der Waals surface area contributed by atoms with E-state index in [9.17, 15) is 14.4 Å². The first-order chi connectivity index (χ1) is 12.4. The van der Waals surface area contributed by atoms with Crippen molar-refractivity contribution in [3.8, 4) is 0 Å². The van der Waals surface area contributed by atoms with Crippen molar-refractivity contribution < 1.29 is 28.6 Å². The van der Waals surface area contributed by atoms with Gasteiger partial charge in [-0.15, -0.1) is 0 Å². The zero-order valence-electron chi connectivity index (χ0n) is 16.8. The van der Waals surface area contributed by atoms with Gasteiger partial charge in [0.05, 0.1) is 36.1 Å². The Bertz CT molecular complexity index is 783. The molecule has 8 nitrogen and oxygen atoms in total. The van der Waals surface area contributed by atoms with E-state index in [2.05, 4.69) is 5.32 Å². The summed E-state index contributed by atoms with van der Waals surface area (Å²) in [4.78, 5) is 38.7. The predicted octanol–water partition coefficient (Wildman–Crippen LogP) is 2.70. The molecule has 0 saturated heterocycles. The van der Waals surface area contributed by atoms with E-state index in [1.54, 1.807) is 40.8 Å². The van der Waals surface area contributed by atoms with E-state index in [1.807, 2.05) is 0 Å². The smallest absolute Gasteiger partial charge is 0.412 e. The van der Waals surface area contributed by atoms with Crippen molar-refractivity contribution >= 4 is 29.3 Å². The van der Waals surface area contributed by atoms with E-state index >= 15 is 0 Å². The Kier molecular flexibility index (Phi) is 5.51. The summed E-state index contributed by atoms with van der Waals surface area (Å²) in [6.07, 6.45) is -0.687. The van der Waals surface area contributed by atoms with Crippen LogP contribution >= 0.6 is 0 Å². The van der Waals surface area contributed by atoms with Crippen molar-refractivity contribution in [2.45, 2.75) is 38.7 Å². The van der Waals surface area contributed by atoms with Gasteiger partial charge < -0.3 is 19.1 Å². The lowest BCUT2D eigenvalue weighted by atomic mass is 9.83. The van der Waals surface area contributed by atoms with Crippen LogP contribution in [0, 0.1) is 0 Å². The molecule has 148 valence electrons. The molecule has 1 N–H and O–H groups in total. The molecule has 8 heteroatoms. The molecule has 27 heavy (non-hydrogen) atoms. The van der Waals surface area contributed by atoms with E-state index in [-0.39, 0.29) is 18.1 Å². The fourth-order valence-corrected chi connectivity index (χ4v) is 3.23. The maximum absolute atomic E-state index is 12.9. The van der Waals surface area contributed by atoms with E-state index in [1.165, 1.54) is 25.2 Å². The second-order valence-electron chi connectivity index (χ2n) is 7.67. The minimum Gasteiger partial charge on any atom is -0.465 e. The highest BCUT2D eigenvalue weighted by molar-refractivity contribution is 6.11. The van der Waals surface area contributed by atoms with E-state index in [0.717, 1.165) is 0 Å². The van der Waals surface area contributed by atoms with Gasteiger partial charge in [-0.3, -0.25) is 10.1 Å². The first-order valence-corrected chi connectivity index (χ1v) is 8.48. The van der Waals surface area contributed by atoms with Crippen LogP contribution in [0.4, 0.5) is 16.2 Å². The maximum atomic E-state index is 12.9. The summed E-state index contributed by atoms with van der Waals surface area (Å²) in [7, 11) is 4.38. The molecule has 0 spiro atoms. The summed E-state index contributed by atoms with van der Waals surface area (Å²) >= 11 is 0. The van der Waals surface area contributed by atoms with Crippen LogP contribution in [0.3, 0.4) is 0 Å². The topological polar surface area (TPSA) is 94.2 Å². The SMILES string of the molecule is COCC1(C)C(=O)N(C)c2cc(C(=O)OC)cc(NC(=O)OC(C)(C)C)c21. The van der Waals surface area contributed by atoms with Gasteiger partial charge in [-0.05, 0) is 39.8 Å². The molecule has 1 heterocycles. The summed E-state index contributed by atoms with van der Waals surface area (Å²) in [5.41, 5.74) is -0.125. The highest BCUT2D eigenvalue weighted by Gasteiger charge is 2.48. The molecule has 0 aromatic heterocycles. The van der Waals surface area contributed by atoms with Crippen LogP contribution in [-0.4, -0.2) is 51.4 Å². The van der Waals surface area contributed by atoms with Gasteiger partial charge in [0.15, 0.2) is 0 Å². The Hall–Kier alpha value is -2.61. The summed E-state index contributed by atoms with van der Waals surface area (Å²) < 4.78 is 15.4. The van der Waals surface area contributed by atoms with Crippen molar-refractivity contribution in [3.05, 3.63) is 23.3 Å². The third kappa shape index (κ3) is 3.90. The number of carbonyl (C=O) groups is 3. The number of ether oxygens (including phenoxy) is 3. The van der Waals surface area contributed by atoms with E-state index in [4.69, 9.17) is 14.2 Å². The number of hydrogen-bond acceptors (Lipinski definition) is 6. The van der Waals surface area contributed by atoms with E-state index in [0.29, 0.717) is 16.9 Å². The van der Waals surface area contributed by atoms with Crippen LogP contribution in [-0.2, 0) is 24.4 Å². The van der Waals surface area contributed by atoms with Crippen LogP contribution in [0.2, 0.25) is 0 Å². The number of carbonyl (C=O) groups excluding carboxylic acids is 3.